The van der Waals surface area contributed by atoms with Gasteiger partial charge in [-0.3, -0.25) is 0 Å². The van der Waals surface area contributed by atoms with E-state index in [1.807, 2.05) is 31.2 Å². The normalized spacial score (nSPS) is 10.1. The van der Waals surface area contributed by atoms with Crippen LogP contribution in [-0.2, 0) is 0 Å². The van der Waals surface area contributed by atoms with Crippen LogP contribution in [0.5, 0.6) is 23.0 Å². The molecule has 0 bridgehead atoms. The van der Waals surface area contributed by atoms with Gasteiger partial charge in [0.05, 0.1) is 0 Å². The molecule has 0 unspecified atom stereocenters. The molecule has 0 radical (unpaired) electrons. The van der Waals surface area contributed by atoms with Gasteiger partial charge in [0.2, 0.25) is 0 Å². The molecule has 0 spiro atoms. The Labute approximate surface area is 93.6 Å². The van der Waals surface area contributed by atoms with Crippen molar-refractivity contribution in [3.05, 3.63) is 48.0 Å². The Morgan fingerprint density at radius 3 is 2.06 bits per heavy atom. The van der Waals surface area contributed by atoms with Crippen LogP contribution in [0.4, 0.5) is 0 Å². The molecule has 82 valence electrons. The Balaban J connectivity index is 2.20. The molecule has 0 amide bonds. The zero-order valence-corrected chi connectivity index (χ0v) is 8.84. The summed E-state index contributed by atoms with van der Waals surface area (Å²) in [4.78, 5) is 0. The van der Waals surface area contributed by atoms with E-state index < -0.39 is 0 Å². The lowest BCUT2D eigenvalue weighted by Gasteiger charge is -2.06. The van der Waals surface area contributed by atoms with E-state index in [0.29, 0.717) is 11.5 Å². The molecule has 0 saturated heterocycles. The molecule has 0 aliphatic rings. The predicted molar refractivity (Wildman–Crippen MR) is 61.0 cm³/mol. The number of benzene rings is 2. The molecule has 2 aromatic carbocycles. The summed E-state index contributed by atoms with van der Waals surface area (Å²) in [5.41, 5.74) is 1.15. The van der Waals surface area contributed by atoms with Crippen LogP contribution >= 0.6 is 0 Å². The van der Waals surface area contributed by atoms with Gasteiger partial charge in [0.15, 0.2) is 11.5 Å². The minimum Gasteiger partial charge on any atom is -0.504 e. The molecule has 0 aliphatic carbocycles. The summed E-state index contributed by atoms with van der Waals surface area (Å²) in [6.45, 7) is 2.00. The lowest BCUT2D eigenvalue weighted by molar-refractivity contribution is 0.398. The highest BCUT2D eigenvalue weighted by atomic mass is 16.5. The first-order valence-electron chi connectivity index (χ1n) is 4.91. The Morgan fingerprint density at radius 1 is 0.812 bits per heavy atom. The minimum absolute atomic E-state index is 0.156. The van der Waals surface area contributed by atoms with Crippen LogP contribution in [0.25, 0.3) is 0 Å². The molecule has 0 aliphatic heterocycles. The molecular weight excluding hydrogens is 204 g/mol. The van der Waals surface area contributed by atoms with Gasteiger partial charge in [0.1, 0.15) is 11.5 Å². The monoisotopic (exact) mass is 216 g/mol. The van der Waals surface area contributed by atoms with Crippen molar-refractivity contribution in [2.24, 2.45) is 0 Å². The quantitative estimate of drug-likeness (QED) is 0.758. The molecule has 2 aromatic rings. The third-order valence-electron chi connectivity index (χ3n) is 2.20. The van der Waals surface area contributed by atoms with Crippen molar-refractivity contribution >= 4 is 0 Å². The Bertz CT molecular complexity index is 489. The van der Waals surface area contributed by atoms with Crippen molar-refractivity contribution in [2.45, 2.75) is 6.92 Å². The van der Waals surface area contributed by atoms with Gasteiger partial charge < -0.3 is 14.9 Å². The smallest absolute Gasteiger partial charge is 0.161 e. The summed E-state index contributed by atoms with van der Waals surface area (Å²) < 4.78 is 5.50. The zero-order valence-electron chi connectivity index (χ0n) is 8.84. The number of phenolic OH excluding ortho intramolecular Hbond substituents is 2. The van der Waals surface area contributed by atoms with Gasteiger partial charge in [-0.15, -0.1) is 0 Å². The van der Waals surface area contributed by atoms with E-state index in [4.69, 9.17) is 9.84 Å². The van der Waals surface area contributed by atoms with Crippen LogP contribution < -0.4 is 4.74 Å². The number of aromatic hydroxyl groups is 2. The summed E-state index contributed by atoms with van der Waals surface area (Å²) in [5, 5.41) is 18.4. The summed E-state index contributed by atoms with van der Waals surface area (Å²) in [5.74, 6) is 0.829. The first-order valence-corrected chi connectivity index (χ1v) is 4.91. The van der Waals surface area contributed by atoms with Gasteiger partial charge >= 0.3 is 0 Å². The Kier molecular flexibility index (Phi) is 2.68. The third kappa shape index (κ3) is 2.25. The predicted octanol–water partition coefficient (Wildman–Crippen LogP) is 3.20. The summed E-state index contributed by atoms with van der Waals surface area (Å²) in [6.07, 6.45) is 0. The first kappa shape index (κ1) is 10.4. The van der Waals surface area contributed by atoms with Crippen molar-refractivity contribution in [2.75, 3.05) is 0 Å². The average molecular weight is 216 g/mol. The van der Waals surface area contributed by atoms with E-state index in [9.17, 15) is 5.11 Å². The fourth-order valence-electron chi connectivity index (χ4n) is 1.31. The van der Waals surface area contributed by atoms with Crippen molar-refractivity contribution < 1.29 is 14.9 Å². The third-order valence-corrected chi connectivity index (χ3v) is 2.20. The Morgan fingerprint density at radius 2 is 1.44 bits per heavy atom. The summed E-state index contributed by atoms with van der Waals surface area (Å²) >= 11 is 0. The largest absolute Gasteiger partial charge is 0.504 e. The highest BCUT2D eigenvalue weighted by molar-refractivity contribution is 5.44. The minimum atomic E-state index is -0.190. The average Bonchev–Trinajstić information content (AvgIpc) is 2.27. The van der Waals surface area contributed by atoms with Crippen LogP contribution in [0, 0.1) is 6.92 Å². The molecule has 0 aromatic heterocycles. The molecule has 0 atom stereocenters. The fourth-order valence-corrected chi connectivity index (χ4v) is 1.31. The highest BCUT2D eigenvalue weighted by Gasteiger charge is 2.02. The number of hydrogen-bond acceptors (Lipinski definition) is 3. The van der Waals surface area contributed by atoms with E-state index in [0.717, 1.165) is 5.56 Å². The van der Waals surface area contributed by atoms with Crippen LogP contribution in [-0.4, -0.2) is 10.2 Å². The first-order chi connectivity index (χ1) is 7.65. The van der Waals surface area contributed by atoms with Crippen LogP contribution in [0.2, 0.25) is 0 Å². The topological polar surface area (TPSA) is 49.7 Å². The zero-order chi connectivity index (χ0) is 11.5. The maximum atomic E-state index is 9.29. The highest BCUT2D eigenvalue weighted by Crippen LogP contribution is 2.31. The maximum absolute atomic E-state index is 9.29. The number of hydrogen-bond donors (Lipinski definition) is 2. The molecule has 16 heavy (non-hydrogen) atoms. The molecule has 3 heteroatoms. The van der Waals surface area contributed by atoms with Gasteiger partial charge in [-0.25, -0.2) is 0 Å². The lowest BCUT2D eigenvalue weighted by atomic mass is 10.2. The second-order valence-corrected chi connectivity index (χ2v) is 3.57. The Hall–Kier alpha value is -2.16. The van der Waals surface area contributed by atoms with Gasteiger partial charge in [-0.05, 0) is 31.2 Å². The van der Waals surface area contributed by atoms with E-state index >= 15 is 0 Å². The van der Waals surface area contributed by atoms with Crippen LogP contribution in [0.15, 0.2) is 42.5 Å². The summed E-state index contributed by atoms with van der Waals surface area (Å²) in [6, 6.07) is 11.9. The molecule has 3 nitrogen and oxygen atoms in total. The van der Waals surface area contributed by atoms with Crippen molar-refractivity contribution in [1.82, 2.24) is 0 Å². The molecule has 2 N–H and O–H groups in total. The van der Waals surface area contributed by atoms with Gasteiger partial charge in [0, 0.05) is 6.07 Å². The maximum Gasteiger partial charge on any atom is 0.161 e. The number of phenols is 2. The van der Waals surface area contributed by atoms with E-state index in [-0.39, 0.29) is 11.5 Å². The van der Waals surface area contributed by atoms with Gasteiger partial charge in [0.25, 0.3) is 0 Å². The molecular formula is C13H12O3. The number of ether oxygens (including phenoxy) is 1. The SMILES string of the molecule is Cc1ccc(Oc2ccc(O)c(O)c2)cc1. The number of aryl methyl sites for hydroxylation is 1. The number of rotatable bonds is 2. The van der Waals surface area contributed by atoms with Gasteiger partial charge in [-0.2, -0.15) is 0 Å². The van der Waals surface area contributed by atoms with Crippen molar-refractivity contribution in [3.8, 4) is 23.0 Å². The fraction of sp³-hybridized carbons (Fsp3) is 0.0769. The van der Waals surface area contributed by atoms with E-state index in [2.05, 4.69) is 0 Å². The molecule has 2 rings (SSSR count). The van der Waals surface area contributed by atoms with Gasteiger partial charge in [-0.1, -0.05) is 17.7 Å². The summed E-state index contributed by atoms with van der Waals surface area (Å²) in [7, 11) is 0. The van der Waals surface area contributed by atoms with E-state index in [1.165, 1.54) is 12.1 Å². The second kappa shape index (κ2) is 4.14. The standard InChI is InChI=1S/C13H12O3/c1-9-2-4-10(5-3-9)16-11-6-7-12(14)13(15)8-11/h2-8,14-15H,1H3. The van der Waals surface area contributed by atoms with Crippen LogP contribution in [0.3, 0.4) is 0 Å². The van der Waals surface area contributed by atoms with Crippen molar-refractivity contribution in [1.29, 1.82) is 0 Å². The molecule has 0 fully saturated rings. The second-order valence-electron chi connectivity index (χ2n) is 3.57. The van der Waals surface area contributed by atoms with E-state index in [1.54, 1.807) is 6.07 Å². The lowest BCUT2D eigenvalue weighted by Crippen LogP contribution is -1.84. The molecule has 0 saturated carbocycles. The molecule has 0 heterocycles. The van der Waals surface area contributed by atoms with Crippen LogP contribution in [0.1, 0.15) is 5.56 Å². The van der Waals surface area contributed by atoms with Crippen molar-refractivity contribution in [3.63, 3.8) is 0 Å².